The Morgan fingerprint density at radius 2 is 1.62 bits per heavy atom. The average Bonchev–Trinajstić information content (AvgIpc) is 2.92. The molecule has 0 unspecified atom stereocenters. The lowest BCUT2D eigenvalue weighted by molar-refractivity contribution is 0.628. The number of halogens is 2. The highest BCUT2D eigenvalue weighted by Gasteiger charge is 2.12. The number of nitrogens with zero attached hydrogens (tertiary/aromatic N) is 4. The van der Waals surface area contributed by atoms with Crippen molar-refractivity contribution in [1.29, 1.82) is 0 Å². The Labute approximate surface area is 117 Å². The number of aromatic nitrogens is 4. The van der Waals surface area contributed by atoms with Crippen LogP contribution in [0.3, 0.4) is 0 Å². The number of benzene rings is 2. The van der Waals surface area contributed by atoms with Gasteiger partial charge >= 0.3 is 0 Å². The Balaban J connectivity index is 2.02. The molecule has 0 atom stereocenters. The largest absolute Gasteiger partial charge is 0.265 e. The molecular weight excluding hydrogens is 274 g/mol. The van der Waals surface area contributed by atoms with Crippen LogP contribution in [0.1, 0.15) is 0 Å². The lowest BCUT2D eigenvalue weighted by Gasteiger charge is -2.02. The lowest BCUT2D eigenvalue weighted by Crippen LogP contribution is -1.93. The third-order valence-corrected chi connectivity index (χ3v) is 3.31. The first-order chi connectivity index (χ1) is 10.2. The third kappa shape index (κ3) is 1.84. The molecule has 2 heterocycles. The van der Waals surface area contributed by atoms with Gasteiger partial charge in [-0.05, 0) is 42.5 Å². The van der Waals surface area contributed by atoms with Crippen molar-refractivity contribution in [3.63, 3.8) is 0 Å². The van der Waals surface area contributed by atoms with Crippen LogP contribution in [0.4, 0.5) is 8.78 Å². The molecule has 4 nitrogen and oxygen atoms in total. The van der Waals surface area contributed by atoms with Gasteiger partial charge in [0.2, 0.25) is 0 Å². The zero-order valence-corrected chi connectivity index (χ0v) is 10.7. The molecule has 4 rings (SSSR count). The van der Waals surface area contributed by atoms with Crippen molar-refractivity contribution in [2.75, 3.05) is 0 Å². The molecule has 0 radical (unpaired) electrons. The standard InChI is InChI=1S/C15H8F2N4/c16-10-3-1-9(2-4-10)14-19-20-15-12-7-11(17)5-6-13(12)18-8-21(14)15/h1-8H. The molecule has 0 aliphatic rings. The van der Waals surface area contributed by atoms with Crippen molar-refractivity contribution in [2.24, 2.45) is 0 Å². The fourth-order valence-corrected chi connectivity index (χ4v) is 2.30. The van der Waals surface area contributed by atoms with Gasteiger partial charge < -0.3 is 0 Å². The monoisotopic (exact) mass is 282 g/mol. The normalized spacial score (nSPS) is 11.3. The minimum Gasteiger partial charge on any atom is -0.265 e. The second kappa shape index (κ2) is 4.31. The van der Waals surface area contributed by atoms with E-state index in [9.17, 15) is 8.78 Å². The summed E-state index contributed by atoms with van der Waals surface area (Å²) in [6.45, 7) is 0. The van der Waals surface area contributed by atoms with Crippen LogP contribution in [0.2, 0.25) is 0 Å². The highest BCUT2D eigenvalue weighted by atomic mass is 19.1. The minimum absolute atomic E-state index is 0.321. The van der Waals surface area contributed by atoms with Crippen molar-refractivity contribution < 1.29 is 8.78 Å². The molecule has 0 aliphatic heterocycles. The highest BCUT2D eigenvalue weighted by molar-refractivity contribution is 5.91. The van der Waals surface area contributed by atoms with Gasteiger partial charge in [0.05, 0.1) is 5.52 Å². The van der Waals surface area contributed by atoms with Crippen LogP contribution in [0.5, 0.6) is 0 Å². The van der Waals surface area contributed by atoms with Gasteiger partial charge in [-0.2, -0.15) is 0 Å². The molecule has 0 amide bonds. The second-order valence-electron chi connectivity index (χ2n) is 4.63. The molecule has 0 bridgehead atoms. The molecule has 4 aromatic rings. The first-order valence-corrected chi connectivity index (χ1v) is 6.27. The maximum absolute atomic E-state index is 13.4. The molecule has 0 N–H and O–H groups in total. The maximum atomic E-state index is 13.4. The molecule has 0 aliphatic carbocycles. The van der Waals surface area contributed by atoms with Crippen LogP contribution in [0, 0.1) is 11.6 Å². The fraction of sp³-hybridized carbons (Fsp3) is 0. The van der Waals surface area contributed by atoms with Crippen LogP contribution < -0.4 is 0 Å². The Morgan fingerprint density at radius 3 is 2.43 bits per heavy atom. The van der Waals surface area contributed by atoms with Gasteiger partial charge in [-0.25, -0.2) is 13.8 Å². The van der Waals surface area contributed by atoms with Crippen molar-refractivity contribution >= 4 is 16.6 Å². The van der Waals surface area contributed by atoms with Gasteiger partial charge in [-0.1, -0.05) is 0 Å². The van der Waals surface area contributed by atoms with Crippen LogP contribution in [-0.2, 0) is 0 Å². The molecule has 2 aromatic heterocycles. The van der Waals surface area contributed by atoms with E-state index in [1.807, 2.05) is 0 Å². The Hall–Kier alpha value is -2.89. The van der Waals surface area contributed by atoms with Gasteiger partial charge in [0.1, 0.15) is 18.0 Å². The summed E-state index contributed by atoms with van der Waals surface area (Å²) in [7, 11) is 0. The molecule has 0 saturated carbocycles. The van der Waals surface area contributed by atoms with E-state index in [1.54, 1.807) is 28.9 Å². The van der Waals surface area contributed by atoms with E-state index in [1.165, 1.54) is 24.3 Å². The van der Waals surface area contributed by atoms with Gasteiger partial charge in [0, 0.05) is 10.9 Å². The summed E-state index contributed by atoms with van der Waals surface area (Å²) in [4.78, 5) is 4.27. The van der Waals surface area contributed by atoms with Crippen molar-refractivity contribution in [2.45, 2.75) is 0 Å². The number of hydrogen-bond acceptors (Lipinski definition) is 3. The molecular formula is C15H8F2N4. The summed E-state index contributed by atoms with van der Waals surface area (Å²) in [5, 5.41) is 8.78. The number of fused-ring (bicyclic) bond motifs is 3. The topological polar surface area (TPSA) is 43.1 Å². The first-order valence-electron chi connectivity index (χ1n) is 6.27. The predicted octanol–water partition coefficient (Wildman–Crippen LogP) is 3.22. The maximum Gasteiger partial charge on any atom is 0.171 e. The Bertz CT molecular complexity index is 961. The van der Waals surface area contributed by atoms with E-state index < -0.39 is 0 Å². The second-order valence-corrected chi connectivity index (χ2v) is 4.63. The van der Waals surface area contributed by atoms with E-state index >= 15 is 0 Å². The van der Waals surface area contributed by atoms with E-state index in [2.05, 4.69) is 15.2 Å². The van der Waals surface area contributed by atoms with E-state index in [0.29, 0.717) is 27.9 Å². The minimum atomic E-state index is -0.358. The van der Waals surface area contributed by atoms with Crippen molar-refractivity contribution in [1.82, 2.24) is 19.6 Å². The van der Waals surface area contributed by atoms with Gasteiger partial charge in [0.15, 0.2) is 11.5 Å². The molecule has 6 heteroatoms. The quantitative estimate of drug-likeness (QED) is 0.538. The van der Waals surface area contributed by atoms with Crippen LogP contribution >= 0.6 is 0 Å². The van der Waals surface area contributed by atoms with E-state index in [4.69, 9.17) is 0 Å². The molecule has 0 fully saturated rings. The number of hydrogen-bond donors (Lipinski definition) is 0. The summed E-state index contributed by atoms with van der Waals surface area (Å²) in [5.41, 5.74) is 1.86. The van der Waals surface area contributed by atoms with Crippen LogP contribution in [0.15, 0.2) is 48.8 Å². The highest BCUT2D eigenvalue weighted by Crippen LogP contribution is 2.23. The first kappa shape index (κ1) is 11.9. The SMILES string of the molecule is Fc1ccc(-c2nnc3c4cc(F)ccc4ncn23)cc1. The fourth-order valence-electron chi connectivity index (χ4n) is 2.30. The average molecular weight is 282 g/mol. The molecule has 0 spiro atoms. The summed E-state index contributed by atoms with van der Waals surface area (Å²) >= 11 is 0. The van der Waals surface area contributed by atoms with Crippen molar-refractivity contribution in [3.8, 4) is 11.4 Å². The molecule has 0 saturated heterocycles. The Morgan fingerprint density at radius 1 is 0.857 bits per heavy atom. The molecule has 2 aromatic carbocycles. The summed E-state index contributed by atoms with van der Waals surface area (Å²) in [6, 6.07) is 10.2. The van der Waals surface area contributed by atoms with Crippen LogP contribution in [-0.4, -0.2) is 19.6 Å². The van der Waals surface area contributed by atoms with Gasteiger partial charge in [-0.15, -0.1) is 10.2 Å². The van der Waals surface area contributed by atoms with Gasteiger partial charge in [0.25, 0.3) is 0 Å². The molecule has 102 valence electrons. The van der Waals surface area contributed by atoms with Crippen LogP contribution in [0.25, 0.3) is 27.9 Å². The Kier molecular flexibility index (Phi) is 2.44. The van der Waals surface area contributed by atoms with Crippen molar-refractivity contribution in [3.05, 3.63) is 60.4 Å². The summed E-state index contributed by atoms with van der Waals surface area (Å²) in [6.07, 6.45) is 1.58. The third-order valence-electron chi connectivity index (χ3n) is 3.31. The zero-order chi connectivity index (χ0) is 14.4. The zero-order valence-electron chi connectivity index (χ0n) is 10.7. The summed E-state index contributed by atoms with van der Waals surface area (Å²) in [5.74, 6) is -0.148. The number of rotatable bonds is 1. The smallest absolute Gasteiger partial charge is 0.171 e. The summed E-state index contributed by atoms with van der Waals surface area (Å²) < 4.78 is 28.1. The predicted molar refractivity (Wildman–Crippen MR) is 73.6 cm³/mol. The lowest BCUT2D eigenvalue weighted by atomic mass is 10.2. The van der Waals surface area contributed by atoms with E-state index in [0.717, 1.165) is 0 Å². The molecule has 21 heavy (non-hydrogen) atoms. The van der Waals surface area contributed by atoms with Gasteiger partial charge in [-0.3, -0.25) is 4.40 Å². The van der Waals surface area contributed by atoms with E-state index in [-0.39, 0.29) is 11.6 Å².